The van der Waals surface area contributed by atoms with Gasteiger partial charge in [-0.05, 0) is 74.3 Å². The van der Waals surface area contributed by atoms with Gasteiger partial charge in [0.15, 0.2) is 0 Å². The average molecular weight is 413 g/mol. The van der Waals surface area contributed by atoms with E-state index in [1.165, 1.54) is 44.2 Å². The summed E-state index contributed by atoms with van der Waals surface area (Å²) in [4.78, 5) is 5.57. The Bertz CT molecular complexity index is 955. The van der Waals surface area contributed by atoms with Crippen molar-refractivity contribution in [1.82, 2.24) is 9.80 Å². The van der Waals surface area contributed by atoms with Crippen LogP contribution in [0.1, 0.15) is 51.9 Å². The Morgan fingerprint density at radius 2 is 1.94 bits per heavy atom. The highest BCUT2D eigenvalue weighted by atomic mass is 15.4. The van der Waals surface area contributed by atoms with Crippen molar-refractivity contribution in [2.45, 2.75) is 64.1 Å². The summed E-state index contributed by atoms with van der Waals surface area (Å²) in [5.74, 6) is 2.54. The molecule has 31 heavy (non-hydrogen) atoms. The van der Waals surface area contributed by atoms with Crippen LogP contribution in [-0.2, 0) is 0 Å². The molecule has 1 fully saturated rings. The zero-order valence-corrected chi connectivity index (χ0v) is 19.1. The number of fused-ring (bicyclic) bond motifs is 7. The van der Waals surface area contributed by atoms with Crippen LogP contribution in [-0.4, -0.2) is 29.1 Å². The largest absolute Gasteiger partial charge is 0.356 e. The van der Waals surface area contributed by atoms with E-state index in [1.807, 2.05) is 0 Å². The van der Waals surface area contributed by atoms with Crippen molar-refractivity contribution >= 4 is 0 Å². The Labute approximate surface area is 188 Å². The highest BCUT2D eigenvalue weighted by molar-refractivity contribution is 5.39. The maximum absolute atomic E-state index is 2.91. The van der Waals surface area contributed by atoms with Gasteiger partial charge in [0.25, 0.3) is 0 Å². The fourth-order valence-corrected chi connectivity index (χ4v) is 7.41. The van der Waals surface area contributed by atoms with Gasteiger partial charge in [-0.2, -0.15) is 0 Å². The van der Waals surface area contributed by atoms with Crippen LogP contribution < -0.4 is 0 Å². The molecule has 0 amide bonds. The van der Waals surface area contributed by atoms with Crippen LogP contribution in [0, 0.1) is 23.7 Å². The van der Waals surface area contributed by atoms with Crippen LogP contribution in [0.5, 0.6) is 0 Å². The molecule has 4 aliphatic carbocycles. The second kappa shape index (κ2) is 7.73. The molecule has 2 heteroatoms. The molecule has 2 heterocycles. The molecule has 2 bridgehead atoms. The van der Waals surface area contributed by atoms with E-state index in [4.69, 9.17) is 0 Å². The zero-order chi connectivity index (χ0) is 20.9. The van der Waals surface area contributed by atoms with Gasteiger partial charge < -0.3 is 9.80 Å². The van der Waals surface area contributed by atoms with Crippen molar-refractivity contribution in [2.24, 2.45) is 23.7 Å². The first-order chi connectivity index (χ1) is 15.2. The number of hydrogen-bond donors (Lipinski definition) is 0. The fraction of sp³-hybridized carbons (Fsp3) is 0.517. The van der Waals surface area contributed by atoms with E-state index in [1.54, 1.807) is 16.8 Å². The van der Waals surface area contributed by atoms with Gasteiger partial charge in [0.1, 0.15) is 6.17 Å². The molecule has 0 N–H and O–H groups in total. The molecular weight excluding hydrogens is 376 g/mol. The molecule has 0 saturated carbocycles. The summed E-state index contributed by atoms with van der Waals surface area (Å²) in [6.45, 7) is 2.50. The molecule has 1 saturated heterocycles. The summed E-state index contributed by atoms with van der Waals surface area (Å²) in [7, 11) is 2.37. The fourth-order valence-electron chi connectivity index (χ4n) is 7.41. The van der Waals surface area contributed by atoms with E-state index >= 15 is 0 Å². The molecule has 2 nitrogen and oxygen atoms in total. The van der Waals surface area contributed by atoms with Crippen LogP contribution in [0.2, 0.25) is 0 Å². The molecule has 6 aliphatic rings. The van der Waals surface area contributed by atoms with Crippen LogP contribution in [0.3, 0.4) is 0 Å². The molecular formula is C29H36N2. The van der Waals surface area contributed by atoms with Gasteiger partial charge in [-0.15, -0.1) is 0 Å². The summed E-state index contributed by atoms with van der Waals surface area (Å²) in [5, 5.41) is 0. The SMILES string of the molecule is CC1CC2=CC=CC(C2)C2CCC=C(C3C=CC=CC3)C2N2C3=C(CCC=C3)N(C)C12. The van der Waals surface area contributed by atoms with Gasteiger partial charge in [0.2, 0.25) is 0 Å². The third-order valence-electron chi connectivity index (χ3n) is 8.67. The standard InChI is InChI=1S/C29H36N2/c1-20-18-21-10-8-13-23(19-21)25-15-9-14-24(22-11-4-3-5-12-22)28(25)31-27-17-7-6-16-26(27)30(2)29(20)31/h3-5,7-8,10-11,13-14,17,20,22-23,25,28-29H,6,9,12,15-16,18-19H2,1-2H3. The molecule has 0 spiro atoms. The van der Waals surface area contributed by atoms with Crippen molar-refractivity contribution < 1.29 is 0 Å². The smallest absolute Gasteiger partial charge is 0.105 e. The second-order valence-corrected chi connectivity index (χ2v) is 10.5. The number of nitrogens with zero attached hydrogens (tertiary/aromatic N) is 2. The summed E-state index contributed by atoms with van der Waals surface area (Å²) < 4.78 is 0. The number of rotatable bonds is 1. The van der Waals surface area contributed by atoms with Crippen LogP contribution in [0.4, 0.5) is 0 Å². The first kappa shape index (κ1) is 19.5. The van der Waals surface area contributed by atoms with Gasteiger partial charge in [0.05, 0.1) is 11.7 Å². The lowest BCUT2D eigenvalue weighted by molar-refractivity contribution is 0.0521. The Balaban J connectivity index is 1.51. The normalized spacial score (nSPS) is 38.6. The van der Waals surface area contributed by atoms with Crippen LogP contribution in [0.25, 0.3) is 0 Å². The highest BCUT2D eigenvalue weighted by Gasteiger charge is 2.49. The Morgan fingerprint density at radius 3 is 2.81 bits per heavy atom. The second-order valence-electron chi connectivity index (χ2n) is 10.5. The third-order valence-corrected chi connectivity index (χ3v) is 8.67. The quantitative estimate of drug-likeness (QED) is 0.454. The molecule has 0 aromatic rings. The van der Waals surface area contributed by atoms with Crippen LogP contribution in [0.15, 0.2) is 83.3 Å². The van der Waals surface area contributed by atoms with Crippen molar-refractivity contribution in [1.29, 1.82) is 0 Å². The predicted molar refractivity (Wildman–Crippen MR) is 129 cm³/mol. The van der Waals surface area contributed by atoms with Crippen molar-refractivity contribution in [3.8, 4) is 0 Å². The van der Waals surface area contributed by atoms with E-state index in [0.717, 1.165) is 6.42 Å². The minimum absolute atomic E-state index is 0.463. The summed E-state index contributed by atoms with van der Waals surface area (Å²) in [5.41, 5.74) is 6.48. The first-order valence-electron chi connectivity index (χ1n) is 12.5. The predicted octanol–water partition coefficient (Wildman–Crippen LogP) is 6.50. The van der Waals surface area contributed by atoms with Gasteiger partial charge in [-0.3, -0.25) is 0 Å². The Hall–Kier alpha value is -2.22. The molecule has 2 aliphatic heterocycles. The summed E-state index contributed by atoms with van der Waals surface area (Å²) in [6, 6.07) is 0.507. The monoisotopic (exact) mass is 412 g/mol. The summed E-state index contributed by atoms with van der Waals surface area (Å²) in [6.07, 6.45) is 33.2. The lowest BCUT2D eigenvalue weighted by Gasteiger charge is -2.48. The molecule has 0 radical (unpaired) electrons. The minimum Gasteiger partial charge on any atom is -0.356 e. The average Bonchev–Trinajstić information content (AvgIpc) is 3.12. The maximum atomic E-state index is 2.91. The Kier molecular flexibility index (Phi) is 4.85. The van der Waals surface area contributed by atoms with Crippen molar-refractivity contribution in [2.75, 3.05) is 7.05 Å². The lowest BCUT2D eigenvalue weighted by Crippen LogP contribution is -2.53. The van der Waals surface area contributed by atoms with Crippen LogP contribution >= 0.6 is 0 Å². The molecule has 162 valence electrons. The molecule has 6 atom stereocenters. The van der Waals surface area contributed by atoms with Gasteiger partial charge in [-0.1, -0.05) is 67.2 Å². The molecule has 6 rings (SSSR count). The molecule has 0 aromatic heterocycles. The zero-order valence-electron chi connectivity index (χ0n) is 19.1. The topological polar surface area (TPSA) is 6.48 Å². The lowest BCUT2D eigenvalue weighted by atomic mass is 9.69. The van der Waals surface area contributed by atoms with Crippen molar-refractivity contribution in [3.05, 3.63) is 83.3 Å². The molecule has 0 aromatic carbocycles. The maximum Gasteiger partial charge on any atom is 0.105 e. The van der Waals surface area contributed by atoms with E-state index in [2.05, 4.69) is 84.5 Å². The van der Waals surface area contributed by atoms with E-state index in [9.17, 15) is 0 Å². The Morgan fingerprint density at radius 1 is 1.00 bits per heavy atom. The number of allylic oxidation sites excluding steroid dienone is 12. The third kappa shape index (κ3) is 3.13. The number of hydrogen-bond acceptors (Lipinski definition) is 2. The summed E-state index contributed by atoms with van der Waals surface area (Å²) >= 11 is 0. The van der Waals surface area contributed by atoms with Gasteiger partial charge in [-0.25, -0.2) is 0 Å². The van der Waals surface area contributed by atoms with Gasteiger partial charge >= 0.3 is 0 Å². The van der Waals surface area contributed by atoms with E-state index in [-0.39, 0.29) is 0 Å². The van der Waals surface area contributed by atoms with E-state index in [0.29, 0.717) is 35.9 Å². The highest BCUT2D eigenvalue weighted by Crippen LogP contribution is 2.50. The molecule has 6 unspecified atom stereocenters. The van der Waals surface area contributed by atoms with Crippen molar-refractivity contribution in [3.63, 3.8) is 0 Å². The minimum atomic E-state index is 0.463. The van der Waals surface area contributed by atoms with Gasteiger partial charge in [0, 0.05) is 18.7 Å². The van der Waals surface area contributed by atoms with E-state index < -0.39 is 0 Å². The first-order valence-corrected chi connectivity index (χ1v) is 12.5.